The van der Waals surface area contributed by atoms with Crippen LogP contribution in [0.5, 0.6) is 11.5 Å². The molecule has 1 fully saturated rings. The Hall–Kier alpha value is -0.740. The van der Waals surface area contributed by atoms with E-state index < -0.39 is 5.60 Å². The van der Waals surface area contributed by atoms with Gasteiger partial charge in [0.1, 0.15) is 0 Å². The number of benzene rings is 1. The third-order valence-electron chi connectivity index (χ3n) is 3.22. The molecule has 0 aliphatic heterocycles. The first-order chi connectivity index (χ1) is 7.42. The first kappa shape index (κ1) is 11.7. The van der Waals surface area contributed by atoms with Crippen molar-refractivity contribution in [2.75, 3.05) is 7.11 Å². The van der Waals surface area contributed by atoms with Crippen LogP contribution in [-0.2, 0) is 5.60 Å². The molecule has 3 nitrogen and oxygen atoms in total. The van der Waals surface area contributed by atoms with Crippen LogP contribution in [0, 0.1) is 13.8 Å². The van der Waals surface area contributed by atoms with E-state index in [4.69, 9.17) is 4.74 Å². The molecule has 0 atom stereocenters. The standard InChI is InChI=1S/C12H15BrO3/c1-6-8(12(15)4-5-12)10(14)11(16-3)7(2)9(6)13/h14-15H,4-5H2,1-3H3. The summed E-state index contributed by atoms with van der Waals surface area (Å²) in [6.07, 6.45) is 1.39. The molecule has 0 spiro atoms. The molecular weight excluding hydrogens is 272 g/mol. The Labute approximate surface area is 103 Å². The van der Waals surface area contributed by atoms with E-state index in [-0.39, 0.29) is 5.75 Å². The summed E-state index contributed by atoms with van der Waals surface area (Å²) < 4.78 is 6.07. The number of hydrogen-bond donors (Lipinski definition) is 2. The topological polar surface area (TPSA) is 49.7 Å². The predicted molar refractivity (Wildman–Crippen MR) is 65.0 cm³/mol. The first-order valence-corrected chi connectivity index (χ1v) is 6.00. The highest BCUT2D eigenvalue weighted by Gasteiger charge is 2.46. The molecule has 1 aliphatic rings. The van der Waals surface area contributed by atoms with Crippen LogP contribution in [-0.4, -0.2) is 17.3 Å². The molecule has 0 radical (unpaired) electrons. The fourth-order valence-corrected chi connectivity index (χ4v) is 2.53. The minimum absolute atomic E-state index is 0.0701. The first-order valence-electron chi connectivity index (χ1n) is 5.21. The number of aliphatic hydroxyl groups is 1. The highest BCUT2D eigenvalue weighted by Crippen LogP contribution is 2.54. The summed E-state index contributed by atoms with van der Waals surface area (Å²) in [6.45, 7) is 3.76. The largest absolute Gasteiger partial charge is 0.504 e. The van der Waals surface area contributed by atoms with E-state index in [1.165, 1.54) is 7.11 Å². The van der Waals surface area contributed by atoms with Gasteiger partial charge in [0.25, 0.3) is 0 Å². The lowest BCUT2D eigenvalue weighted by Gasteiger charge is -2.20. The van der Waals surface area contributed by atoms with Gasteiger partial charge >= 0.3 is 0 Å². The van der Waals surface area contributed by atoms with Crippen molar-refractivity contribution < 1.29 is 14.9 Å². The molecule has 16 heavy (non-hydrogen) atoms. The summed E-state index contributed by atoms with van der Waals surface area (Å²) in [7, 11) is 1.52. The van der Waals surface area contributed by atoms with Crippen LogP contribution in [0.2, 0.25) is 0 Å². The van der Waals surface area contributed by atoms with E-state index >= 15 is 0 Å². The fraction of sp³-hybridized carbons (Fsp3) is 0.500. The molecule has 0 bridgehead atoms. The van der Waals surface area contributed by atoms with E-state index in [1.54, 1.807) is 0 Å². The molecule has 1 aliphatic carbocycles. The number of phenolic OH excluding ortho intramolecular Hbond substituents is 1. The molecule has 0 unspecified atom stereocenters. The average molecular weight is 287 g/mol. The average Bonchev–Trinajstić information content (AvgIpc) is 2.95. The van der Waals surface area contributed by atoms with E-state index in [0.29, 0.717) is 24.2 Å². The van der Waals surface area contributed by atoms with Gasteiger partial charge < -0.3 is 14.9 Å². The second kappa shape index (κ2) is 3.64. The van der Waals surface area contributed by atoms with Gasteiger partial charge in [-0.25, -0.2) is 0 Å². The van der Waals surface area contributed by atoms with Crippen molar-refractivity contribution in [1.82, 2.24) is 0 Å². The van der Waals surface area contributed by atoms with Gasteiger partial charge in [0.05, 0.1) is 12.7 Å². The summed E-state index contributed by atoms with van der Waals surface area (Å²) in [4.78, 5) is 0. The van der Waals surface area contributed by atoms with Gasteiger partial charge in [0.15, 0.2) is 11.5 Å². The quantitative estimate of drug-likeness (QED) is 0.879. The molecule has 4 heteroatoms. The van der Waals surface area contributed by atoms with Gasteiger partial charge in [0, 0.05) is 15.6 Å². The molecule has 2 N–H and O–H groups in total. The van der Waals surface area contributed by atoms with Crippen LogP contribution < -0.4 is 4.74 Å². The minimum atomic E-state index is -0.863. The number of hydrogen-bond acceptors (Lipinski definition) is 3. The Morgan fingerprint density at radius 3 is 2.25 bits per heavy atom. The monoisotopic (exact) mass is 286 g/mol. The lowest BCUT2D eigenvalue weighted by molar-refractivity contribution is 0.146. The summed E-state index contributed by atoms with van der Waals surface area (Å²) >= 11 is 3.47. The number of methoxy groups -OCH3 is 1. The zero-order valence-electron chi connectivity index (χ0n) is 9.59. The van der Waals surface area contributed by atoms with E-state index in [2.05, 4.69) is 15.9 Å². The maximum Gasteiger partial charge on any atom is 0.164 e. The summed E-state index contributed by atoms with van der Waals surface area (Å²) in [6, 6.07) is 0. The summed E-state index contributed by atoms with van der Waals surface area (Å²) in [5, 5.41) is 20.3. The molecule has 0 heterocycles. The maximum atomic E-state index is 10.2. The van der Waals surface area contributed by atoms with Crippen LogP contribution in [0.1, 0.15) is 29.5 Å². The molecule has 1 aromatic carbocycles. The van der Waals surface area contributed by atoms with E-state index in [1.807, 2.05) is 13.8 Å². The van der Waals surface area contributed by atoms with Crippen LogP contribution in [0.25, 0.3) is 0 Å². The number of halogens is 1. The van der Waals surface area contributed by atoms with Gasteiger partial charge in [-0.2, -0.15) is 0 Å². The second-order valence-corrected chi connectivity index (χ2v) is 5.15. The lowest BCUT2D eigenvalue weighted by Crippen LogP contribution is -2.09. The Bertz CT molecular complexity index is 450. The lowest BCUT2D eigenvalue weighted by atomic mass is 9.97. The number of aromatic hydroxyl groups is 1. The Morgan fingerprint density at radius 2 is 1.81 bits per heavy atom. The minimum Gasteiger partial charge on any atom is -0.504 e. The highest BCUT2D eigenvalue weighted by atomic mass is 79.9. The number of phenols is 1. The van der Waals surface area contributed by atoms with Crippen LogP contribution in [0.15, 0.2) is 4.47 Å². The number of rotatable bonds is 2. The van der Waals surface area contributed by atoms with Gasteiger partial charge in [-0.05, 0) is 32.3 Å². The van der Waals surface area contributed by atoms with Gasteiger partial charge in [-0.15, -0.1) is 0 Å². The Kier molecular flexibility index (Phi) is 2.67. The molecule has 0 amide bonds. The SMILES string of the molecule is COc1c(C)c(Br)c(C)c(C2(O)CC2)c1O. The predicted octanol–water partition coefficient (Wildman–Crippen LogP) is 2.76. The maximum absolute atomic E-state index is 10.2. The molecule has 1 aromatic rings. The van der Waals surface area contributed by atoms with Crippen molar-refractivity contribution in [2.45, 2.75) is 32.3 Å². The molecule has 0 aromatic heterocycles. The molecule has 0 saturated heterocycles. The van der Waals surface area contributed by atoms with Crippen molar-refractivity contribution in [1.29, 1.82) is 0 Å². The van der Waals surface area contributed by atoms with Gasteiger partial charge in [-0.1, -0.05) is 15.9 Å². The van der Waals surface area contributed by atoms with Gasteiger partial charge in [0.2, 0.25) is 0 Å². The van der Waals surface area contributed by atoms with E-state index in [0.717, 1.165) is 15.6 Å². The van der Waals surface area contributed by atoms with Crippen molar-refractivity contribution in [3.05, 3.63) is 21.2 Å². The van der Waals surface area contributed by atoms with E-state index in [9.17, 15) is 10.2 Å². The van der Waals surface area contributed by atoms with Crippen LogP contribution in [0.4, 0.5) is 0 Å². The van der Waals surface area contributed by atoms with Crippen molar-refractivity contribution >= 4 is 15.9 Å². The molecular formula is C12H15BrO3. The smallest absolute Gasteiger partial charge is 0.164 e. The highest BCUT2D eigenvalue weighted by molar-refractivity contribution is 9.10. The van der Waals surface area contributed by atoms with Crippen LogP contribution in [0.3, 0.4) is 0 Å². The molecule has 2 rings (SSSR count). The van der Waals surface area contributed by atoms with Crippen LogP contribution >= 0.6 is 15.9 Å². The molecule has 1 saturated carbocycles. The third-order valence-corrected chi connectivity index (χ3v) is 4.41. The zero-order chi connectivity index (χ0) is 12.1. The Morgan fingerprint density at radius 1 is 1.25 bits per heavy atom. The van der Waals surface area contributed by atoms with Crippen molar-refractivity contribution in [3.63, 3.8) is 0 Å². The zero-order valence-corrected chi connectivity index (χ0v) is 11.2. The third kappa shape index (κ3) is 1.52. The van der Waals surface area contributed by atoms with Crippen molar-refractivity contribution in [3.8, 4) is 11.5 Å². The van der Waals surface area contributed by atoms with Gasteiger partial charge in [-0.3, -0.25) is 0 Å². The normalized spacial score (nSPS) is 17.3. The Balaban J connectivity index is 2.74. The van der Waals surface area contributed by atoms with Crippen molar-refractivity contribution in [2.24, 2.45) is 0 Å². The molecule has 88 valence electrons. The summed E-state index contributed by atoms with van der Waals surface area (Å²) in [5.41, 5.74) is 1.47. The fourth-order valence-electron chi connectivity index (χ4n) is 2.15. The number of ether oxygens (including phenoxy) is 1. The summed E-state index contributed by atoms with van der Waals surface area (Å²) in [5.74, 6) is 0.508. The second-order valence-electron chi connectivity index (χ2n) is 4.35.